The van der Waals surface area contributed by atoms with Crippen molar-refractivity contribution in [1.82, 2.24) is 0 Å². The van der Waals surface area contributed by atoms with Crippen LogP contribution in [0.25, 0.3) is 0 Å². The molecule has 1 saturated heterocycles. The summed E-state index contributed by atoms with van der Waals surface area (Å²) in [5.41, 5.74) is -2.66. The topological polar surface area (TPSA) is 65.1 Å². The van der Waals surface area contributed by atoms with Crippen molar-refractivity contribution in [1.29, 1.82) is 0 Å². The smallest absolute Gasteiger partial charge is 0.346 e. The van der Waals surface area contributed by atoms with Crippen molar-refractivity contribution in [2.75, 3.05) is 14.2 Å². The Hall–Kier alpha value is -1.62. The average Bonchev–Trinajstić information content (AvgIpc) is 2.98. The van der Waals surface area contributed by atoms with Crippen LogP contribution < -0.4 is 0 Å². The molecule has 80 valence electrons. The van der Waals surface area contributed by atoms with E-state index in [1.54, 1.807) is 12.2 Å². The van der Waals surface area contributed by atoms with Crippen molar-refractivity contribution >= 4 is 11.9 Å². The van der Waals surface area contributed by atoms with Crippen LogP contribution in [0.1, 0.15) is 0 Å². The summed E-state index contributed by atoms with van der Waals surface area (Å²) in [5, 5.41) is 0. The Morgan fingerprint density at radius 3 is 1.73 bits per heavy atom. The predicted octanol–water partition coefficient (Wildman–Crippen LogP) is -0.0338. The second-order valence-corrected chi connectivity index (χ2v) is 3.27. The molecule has 1 aliphatic heterocycles. The van der Waals surface area contributed by atoms with E-state index in [1.165, 1.54) is 26.4 Å². The average molecular weight is 210 g/mol. The van der Waals surface area contributed by atoms with Crippen LogP contribution in [0.2, 0.25) is 0 Å². The van der Waals surface area contributed by atoms with Crippen molar-refractivity contribution in [2.24, 2.45) is 0 Å². The third-order valence-electron chi connectivity index (χ3n) is 2.58. The molecule has 2 aliphatic rings. The maximum Gasteiger partial charge on any atom is 0.346 e. The molecule has 0 aromatic carbocycles. The highest BCUT2D eigenvalue weighted by Gasteiger charge is 2.79. The number of epoxide rings is 1. The van der Waals surface area contributed by atoms with Crippen molar-refractivity contribution < 1.29 is 23.8 Å². The van der Waals surface area contributed by atoms with E-state index in [1.807, 2.05) is 0 Å². The Kier molecular flexibility index (Phi) is 1.94. The first-order valence-electron chi connectivity index (χ1n) is 4.37. The van der Waals surface area contributed by atoms with Crippen LogP contribution >= 0.6 is 0 Å². The SMILES string of the molecule is COC(=O)C12C=CC=CC1(C(=O)OC)O2. The van der Waals surface area contributed by atoms with E-state index in [2.05, 4.69) is 9.47 Å². The van der Waals surface area contributed by atoms with Gasteiger partial charge in [-0.3, -0.25) is 0 Å². The number of methoxy groups -OCH3 is 2. The molecule has 2 atom stereocenters. The number of allylic oxidation sites excluding steroid dienone is 2. The van der Waals surface area contributed by atoms with Gasteiger partial charge in [-0.15, -0.1) is 0 Å². The largest absolute Gasteiger partial charge is 0.467 e. The molecule has 0 radical (unpaired) electrons. The monoisotopic (exact) mass is 210 g/mol. The van der Waals surface area contributed by atoms with E-state index in [4.69, 9.17) is 4.74 Å². The standard InChI is InChI=1S/C10H10O5/c1-13-7(11)9-5-3-4-6-10(9,15-9)8(12)14-2/h3-6H,1-2H3. The molecular formula is C10H10O5. The van der Waals surface area contributed by atoms with Crippen LogP contribution in [0.5, 0.6) is 0 Å². The van der Waals surface area contributed by atoms with E-state index in [-0.39, 0.29) is 0 Å². The van der Waals surface area contributed by atoms with Gasteiger partial charge in [0, 0.05) is 0 Å². The molecule has 2 unspecified atom stereocenters. The molecule has 5 heteroatoms. The van der Waals surface area contributed by atoms with Crippen LogP contribution in [0.3, 0.4) is 0 Å². The molecule has 0 N–H and O–H groups in total. The summed E-state index contributed by atoms with van der Waals surface area (Å²) in [5.74, 6) is -1.21. The zero-order chi connectivity index (χ0) is 11.1. The van der Waals surface area contributed by atoms with E-state index in [9.17, 15) is 9.59 Å². The number of fused-ring (bicyclic) bond motifs is 1. The van der Waals surface area contributed by atoms with Crippen molar-refractivity contribution in [3.63, 3.8) is 0 Å². The molecule has 1 fully saturated rings. The van der Waals surface area contributed by atoms with Crippen molar-refractivity contribution in [3.8, 4) is 0 Å². The molecule has 0 bridgehead atoms. The fourth-order valence-electron chi connectivity index (χ4n) is 1.75. The summed E-state index contributed by atoms with van der Waals surface area (Å²) < 4.78 is 14.4. The minimum absolute atomic E-state index is 0.603. The molecular weight excluding hydrogens is 200 g/mol. The fraction of sp³-hybridized carbons (Fsp3) is 0.400. The number of carbonyl (C=O) groups is 2. The first-order valence-corrected chi connectivity index (χ1v) is 4.37. The maximum absolute atomic E-state index is 11.5. The summed E-state index contributed by atoms with van der Waals surface area (Å²) in [6.07, 6.45) is 6.25. The Morgan fingerprint density at radius 1 is 1.00 bits per heavy atom. The summed E-state index contributed by atoms with van der Waals surface area (Å²) in [6, 6.07) is 0. The number of carbonyl (C=O) groups excluding carboxylic acids is 2. The molecule has 0 spiro atoms. The summed E-state index contributed by atoms with van der Waals surface area (Å²) in [4.78, 5) is 23.0. The van der Waals surface area contributed by atoms with Gasteiger partial charge in [0.15, 0.2) is 0 Å². The molecule has 5 nitrogen and oxygen atoms in total. The zero-order valence-electron chi connectivity index (χ0n) is 8.35. The van der Waals surface area contributed by atoms with Gasteiger partial charge in [0.2, 0.25) is 11.2 Å². The second-order valence-electron chi connectivity index (χ2n) is 3.27. The van der Waals surface area contributed by atoms with E-state index in [0.717, 1.165) is 0 Å². The van der Waals surface area contributed by atoms with Gasteiger partial charge >= 0.3 is 11.9 Å². The number of hydrogen-bond acceptors (Lipinski definition) is 5. The van der Waals surface area contributed by atoms with Crippen LogP contribution in [0.4, 0.5) is 0 Å². The lowest BCUT2D eigenvalue weighted by atomic mass is 9.88. The fourth-order valence-corrected chi connectivity index (χ4v) is 1.75. The molecule has 1 heterocycles. The minimum Gasteiger partial charge on any atom is -0.467 e. The Morgan fingerprint density at radius 2 is 1.40 bits per heavy atom. The first-order chi connectivity index (χ1) is 7.13. The lowest BCUT2D eigenvalue weighted by Gasteiger charge is -2.12. The third-order valence-corrected chi connectivity index (χ3v) is 2.58. The van der Waals surface area contributed by atoms with Gasteiger partial charge in [-0.1, -0.05) is 12.2 Å². The van der Waals surface area contributed by atoms with Gasteiger partial charge in [-0.25, -0.2) is 9.59 Å². The van der Waals surface area contributed by atoms with Crippen molar-refractivity contribution in [3.05, 3.63) is 24.3 Å². The number of esters is 2. The van der Waals surface area contributed by atoms with Gasteiger partial charge in [0.1, 0.15) is 0 Å². The number of ether oxygens (including phenoxy) is 3. The molecule has 0 aromatic heterocycles. The molecule has 2 rings (SSSR count). The molecule has 0 saturated carbocycles. The quantitative estimate of drug-likeness (QED) is 0.473. The highest BCUT2D eigenvalue weighted by Crippen LogP contribution is 2.53. The molecule has 0 aromatic rings. The van der Waals surface area contributed by atoms with Crippen LogP contribution in [0, 0.1) is 0 Å². The Balaban J connectivity index is 2.37. The Labute approximate surface area is 86.3 Å². The lowest BCUT2D eigenvalue weighted by Crippen LogP contribution is -2.39. The predicted molar refractivity (Wildman–Crippen MR) is 48.9 cm³/mol. The van der Waals surface area contributed by atoms with Gasteiger partial charge < -0.3 is 14.2 Å². The van der Waals surface area contributed by atoms with Crippen LogP contribution in [-0.2, 0) is 23.8 Å². The highest BCUT2D eigenvalue weighted by atomic mass is 16.7. The number of hydrogen-bond donors (Lipinski definition) is 0. The van der Waals surface area contributed by atoms with E-state index in [0.29, 0.717) is 0 Å². The van der Waals surface area contributed by atoms with Gasteiger partial charge in [-0.2, -0.15) is 0 Å². The highest BCUT2D eigenvalue weighted by molar-refractivity contribution is 6.02. The van der Waals surface area contributed by atoms with Crippen molar-refractivity contribution in [2.45, 2.75) is 11.2 Å². The van der Waals surface area contributed by atoms with Gasteiger partial charge in [-0.05, 0) is 12.2 Å². The second kappa shape index (κ2) is 2.93. The summed E-state index contributed by atoms with van der Waals surface area (Å²) in [7, 11) is 2.49. The normalized spacial score (nSPS) is 35.6. The van der Waals surface area contributed by atoms with E-state index >= 15 is 0 Å². The first kappa shape index (κ1) is 9.92. The summed E-state index contributed by atoms with van der Waals surface area (Å²) >= 11 is 0. The lowest BCUT2D eigenvalue weighted by molar-refractivity contribution is -0.148. The molecule has 15 heavy (non-hydrogen) atoms. The van der Waals surface area contributed by atoms with E-state index < -0.39 is 23.1 Å². The summed E-state index contributed by atoms with van der Waals surface area (Å²) in [6.45, 7) is 0. The van der Waals surface area contributed by atoms with Gasteiger partial charge in [0.25, 0.3) is 0 Å². The molecule has 1 aliphatic carbocycles. The minimum atomic E-state index is -1.33. The molecule has 0 amide bonds. The maximum atomic E-state index is 11.5. The number of rotatable bonds is 2. The zero-order valence-corrected chi connectivity index (χ0v) is 8.35. The van der Waals surface area contributed by atoms with Crippen LogP contribution in [-0.4, -0.2) is 37.4 Å². The van der Waals surface area contributed by atoms with Gasteiger partial charge in [0.05, 0.1) is 14.2 Å². The third kappa shape index (κ3) is 1.01. The van der Waals surface area contributed by atoms with Crippen LogP contribution in [0.15, 0.2) is 24.3 Å². The Bertz CT molecular complexity index is 347.